The zero-order chi connectivity index (χ0) is 7.40. The van der Waals surface area contributed by atoms with Gasteiger partial charge in [-0.25, -0.2) is 0 Å². The fourth-order valence-electron chi connectivity index (χ4n) is 1.01. The molecule has 0 radical (unpaired) electrons. The van der Waals surface area contributed by atoms with Crippen LogP contribution in [0.2, 0.25) is 0 Å². The first kappa shape index (κ1) is 10.8. The van der Waals surface area contributed by atoms with Gasteiger partial charge in [-0.2, -0.15) is 0 Å². The van der Waals surface area contributed by atoms with Crippen molar-refractivity contribution in [1.29, 1.82) is 0 Å². The Balaban J connectivity index is 0.000001000. The van der Waals surface area contributed by atoms with Crippen LogP contribution in [0.3, 0.4) is 0 Å². The third-order valence-corrected chi connectivity index (χ3v) is 2.73. The van der Waals surface area contributed by atoms with Crippen molar-refractivity contribution in [3.05, 3.63) is 11.1 Å². The number of hydrogen-bond donors (Lipinski definition) is 0. The third-order valence-electron chi connectivity index (χ3n) is 1.76. The maximum absolute atomic E-state index is 2.44. The molecule has 0 spiro atoms. The minimum Gasteiger partial charge on any atom is -0.412 e. The average Bonchev–Trinajstić information content (AvgIpc) is 2.31. The molecule has 11 heavy (non-hydrogen) atoms. The minimum atomic E-state index is 0. The molecule has 0 aromatic rings. The molecule has 0 aliphatic carbocycles. The van der Waals surface area contributed by atoms with Gasteiger partial charge in [-0.1, -0.05) is 13.3 Å². The van der Waals surface area contributed by atoms with Crippen molar-refractivity contribution in [2.24, 2.45) is 0 Å². The van der Waals surface area contributed by atoms with Crippen molar-refractivity contribution >= 4 is 11.8 Å². The van der Waals surface area contributed by atoms with Gasteiger partial charge in [0.05, 0.1) is 5.88 Å². The van der Waals surface area contributed by atoms with Crippen LogP contribution in [0.25, 0.3) is 0 Å². The van der Waals surface area contributed by atoms with Gasteiger partial charge in [0.15, 0.2) is 0 Å². The van der Waals surface area contributed by atoms with E-state index in [0.717, 1.165) is 0 Å². The summed E-state index contributed by atoms with van der Waals surface area (Å²) in [6, 6.07) is 0. The SMILES string of the molecule is CCCCN1CSC=C1C.O. The number of nitrogens with zero attached hydrogens (tertiary/aromatic N) is 1. The molecule has 0 unspecified atom stereocenters. The molecule has 1 rings (SSSR count). The van der Waals surface area contributed by atoms with E-state index in [1.165, 1.54) is 31.0 Å². The van der Waals surface area contributed by atoms with Gasteiger partial charge >= 0.3 is 0 Å². The smallest absolute Gasteiger partial charge is 0.0677 e. The second-order valence-electron chi connectivity index (χ2n) is 2.67. The van der Waals surface area contributed by atoms with Crippen LogP contribution in [0.1, 0.15) is 26.7 Å². The van der Waals surface area contributed by atoms with Crippen LogP contribution in [0.15, 0.2) is 11.1 Å². The van der Waals surface area contributed by atoms with Gasteiger partial charge in [0.25, 0.3) is 0 Å². The van der Waals surface area contributed by atoms with Crippen molar-refractivity contribution < 1.29 is 5.48 Å². The van der Waals surface area contributed by atoms with E-state index in [9.17, 15) is 0 Å². The first-order valence-electron chi connectivity index (χ1n) is 3.88. The molecule has 0 bridgehead atoms. The summed E-state index contributed by atoms with van der Waals surface area (Å²) >= 11 is 1.90. The van der Waals surface area contributed by atoms with Crippen LogP contribution in [-0.4, -0.2) is 22.8 Å². The van der Waals surface area contributed by atoms with E-state index < -0.39 is 0 Å². The Kier molecular flexibility index (Phi) is 5.42. The minimum absolute atomic E-state index is 0. The van der Waals surface area contributed by atoms with Crippen LogP contribution < -0.4 is 0 Å². The molecule has 0 fully saturated rings. The van der Waals surface area contributed by atoms with E-state index in [1.54, 1.807) is 0 Å². The molecule has 0 aromatic heterocycles. The molecule has 2 N–H and O–H groups in total. The lowest BCUT2D eigenvalue weighted by molar-refractivity contribution is 0.400. The summed E-state index contributed by atoms with van der Waals surface area (Å²) in [5.74, 6) is 1.17. The van der Waals surface area contributed by atoms with Crippen molar-refractivity contribution in [3.8, 4) is 0 Å². The van der Waals surface area contributed by atoms with Gasteiger partial charge in [-0.15, -0.1) is 11.8 Å². The summed E-state index contributed by atoms with van der Waals surface area (Å²) in [5.41, 5.74) is 1.44. The molecule has 2 nitrogen and oxygen atoms in total. The molecular weight excluding hydrogens is 158 g/mol. The van der Waals surface area contributed by atoms with Gasteiger partial charge in [0, 0.05) is 12.2 Å². The molecule has 0 amide bonds. The normalized spacial score (nSPS) is 16.2. The number of rotatable bonds is 3. The summed E-state index contributed by atoms with van der Waals surface area (Å²) in [7, 11) is 0. The number of unbranched alkanes of at least 4 members (excludes halogenated alkanes) is 1. The zero-order valence-electron chi connectivity index (χ0n) is 7.26. The topological polar surface area (TPSA) is 34.7 Å². The van der Waals surface area contributed by atoms with Crippen LogP contribution >= 0.6 is 11.8 Å². The van der Waals surface area contributed by atoms with E-state index in [2.05, 4.69) is 24.2 Å². The predicted molar refractivity (Wildman–Crippen MR) is 51.4 cm³/mol. The first-order valence-corrected chi connectivity index (χ1v) is 4.92. The van der Waals surface area contributed by atoms with Crippen molar-refractivity contribution in [2.75, 3.05) is 12.4 Å². The van der Waals surface area contributed by atoms with E-state index in [4.69, 9.17) is 0 Å². The quantitative estimate of drug-likeness (QED) is 0.656. The lowest BCUT2D eigenvalue weighted by atomic mass is 10.3. The second-order valence-corrected chi connectivity index (χ2v) is 3.50. The summed E-state index contributed by atoms with van der Waals surface area (Å²) in [6.45, 7) is 5.67. The van der Waals surface area contributed by atoms with Crippen molar-refractivity contribution in [2.45, 2.75) is 26.7 Å². The summed E-state index contributed by atoms with van der Waals surface area (Å²) < 4.78 is 0. The Morgan fingerprint density at radius 1 is 1.64 bits per heavy atom. The molecule has 0 saturated heterocycles. The van der Waals surface area contributed by atoms with E-state index in [1.807, 2.05) is 11.8 Å². The maximum atomic E-state index is 2.44. The Labute approximate surface area is 73.0 Å². The molecule has 0 saturated carbocycles. The molecule has 66 valence electrons. The Hall–Kier alpha value is -0.150. The third kappa shape index (κ3) is 3.16. The molecule has 0 atom stereocenters. The number of thioether (sulfide) groups is 1. The van der Waals surface area contributed by atoms with E-state index in [-0.39, 0.29) is 5.48 Å². The summed E-state index contributed by atoms with van der Waals surface area (Å²) in [6.07, 6.45) is 2.63. The lowest BCUT2D eigenvalue weighted by Gasteiger charge is -2.17. The monoisotopic (exact) mass is 175 g/mol. The highest BCUT2D eigenvalue weighted by atomic mass is 32.2. The molecule has 1 aliphatic rings. The fourth-order valence-corrected chi connectivity index (χ4v) is 1.99. The molecule has 1 heterocycles. The number of hydrogen-bond acceptors (Lipinski definition) is 2. The van der Waals surface area contributed by atoms with Gasteiger partial charge < -0.3 is 10.4 Å². The zero-order valence-corrected chi connectivity index (χ0v) is 8.08. The molecular formula is C8H17NOS. The van der Waals surface area contributed by atoms with E-state index in [0.29, 0.717) is 0 Å². The van der Waals surface area contributed by atoms with Gasteiger partial charge in [0.1, 0.15) is 0 Å². The summed E-state index contributed by atoms with van der Waals surface area (Å²) in [4.78, 5) is 2.44. The Morgan fingerprint density at radius 3 is 2.82 bits per heavy atom. The average molecular weight is 175 g/mol. The molecule has 1 aliphatic heterocycles. The van der Waals surface area contributed by atoms with Crippen LogP contribution in [0, 0.1) is 0 Å². The fraction of sp³-hybridized carbons (Fsp3) is 0.750. The van der Waals surface area contributed by atoms with Gasteiger partial charge in [-0.05, 0) is 18.8 Å². The highest BCUT2D eigenvalue weighted by molar-refractivity contribution is 8.02. The van der Waals surface area contributed by atoms with Gasteiger partial charge in [0.2, 0.25) is 0 Å². The number of allylic oxidation sites excluding steroid dienone is 1. The standard InChI is InChI=1S/C8H15NS.H2O/c1-3-4-5-9-7-10-6-8(9)2;/h6H,3-5,7H2,1-2H3;1H2. The first-order chi connectivity index (χ1) is 4.84. The largest absolute Gasteiger partial charge is 0.412 e. The second kappa shape index (κ2) is 5.49. The van der Waals surface area contributed by atoms with Crippen LogP contribution in [-0.2, 0) is 0 Å². The van der Waals surface area contributed by atoms with Crippen LogP contribution in [0.5, 0.6) is 0 Å². The maximum Gasteiger partial charge on any atom is 0.0677 e. The van der Waals surface area contributed by atoms with Crippen molar-refractivity contribution in [1.82, 2.24) is 4.90 Å². The summed E-state index contributed by atoms with van der Waals surface area (Å²) in [5, 5.41) is 2.25. The Bertz CT molecular complexity index is 136. The van der Waals surface area contributed by atoms with Gasteiger partial charge in [-0.3, -0.25) is 0 Å². The molecule has 3 heteroatoms. The van der Waals surface area contributed by atoms with E-state index >= 15 is 0 Å². The Morgan fingerprint density at radius 2 is 2.36 bits per heavy atom. The lowest BCUT2D eigenvalue weighted by Crippen LogP contribution is -2.18. The highest BCUT2D eigenvalue weighted by Gasteiger charge is 2.09. The van der Waals surface area contributed by atoms with Crippen molar-refractivity contribution in [3.63, 3.8) is 0 Å². The predicted octanol–water partition coefficient (Wildman–Crippen LogP) is 1.83. The van der Waals surface area contributed by atoms with Crippen LogP contribution in [0.4, 0.5) is 0 Å². The molecule has 0 aromatic carbocycles. The highest BCUT2D eigenvalue weighted by Crippen LogP contribution is 2.22.